The Labute approximate surface area is 118 Å². The Morgan fingerprint density at radius 3 is 2.37 bits per heavy atom. The Hall–Kier alpha value is -0.600. The first-order chi connectivity index (χ1) is 8.94. The zero-order valence-corrected chi connectivity index (χ0v) is 13.3. The molecule has 0 N–H and O–H groups in total. The van der Waals surface area contributed by atoms with Gasteiger partial charge in [-0.15, -0.1) is 0 Å². The summed E-state index contributed by atoms with van der Waals surface area (Å²) in [6, 6.07) is 0. The van der Waals surface area contributed by atoms with Gasteiger partial charge in [0.2, 0.25) is 0 Å². The number of unbranched alkanes of at least 4 members (excludes halogenated alkanes) is 1. The maximum absolute atomic E-state index is 5.43. The van der Waals surface area contributed by atoms with Crippen molar-refractivity contribution < 1.29 is 9.47 Å². The van der Waals surface area contributed by atoms with Gasteiger partial charge in [0.15, 0.2) is 6.29 Å². The maximum atomic E-state index is 5.43. The highest BCUT2D eigenvalue weighted by atomic mass is 16.7. The summed E-state index contributed by atoms with van der Waals surface area (Å²) in [5.74, 6) is 0. The summed E-state index contributed by atoms with van der Waals surface area (Å²) < 4.78 is 10.9. The van der Waals surface area contributed by atoms with Gasteiger partial charge in [0.25, 0.3) is 0 Å². The molecule has 0 aromatic heterocycles. The number of rotatable bonds is 7. The van der Waals surface area contributed by atoms with Crippen molar-refractivity contribution in [1.82, 2.24) is 0 Å². The predicted molar refractivity (Wildman–Crippen MR) is 81.1 cm³/mol. The third-order valence-electron chi connectivity index (χ3n) is 4.12. The van der Waals surface area contributed by atoms with Crippen LogP contribution in [0.2, 0.25) is 0 Å². The highest BCUT2D eigenvalue weighted by Crippen LogP contribution is 2.27. The van der Waals surface area contributed by atoms with Crippen LogP contribution in [0.25, 0.3) is 0 Å². The molecule has 0 unspecified atom stereocenters. The van der Waals surface area contributed by atoms with Gasteiger partial charge in [0.05, 0.1) is 13.2 Å². The van der Waals surface area contributed by atoms with Crippen molar-refractivity contribution in [1.29, 1.82) is 0 Å². The Morgan fingerprint density at radius 1 is 1.16 bits per heavy atom. The van der Waals surface area contributed by atoms with Crippen molar-refractivity contribution in [2.24, 2.45) is 5.41 Å². The van der Waals surface area contributed by atoms with E-state index in [1.54, 1.807) is 0 Å². The standard InChI is InChI=1S/C17H30O2/c1-6-17(4,5)10-8-7-9-14(2)15(3)13-16-18-11-12-19-16/h9,13,16H,6-8,10-12H2,1-5H3/b14-9+,15-13+. The first-order valence-electron chi connectivity index (χ1n) is 7.53. The van der Waals surface area contributed by atoms with Crippen LogP contribution in [-0.4, -0.2) is 19.5 Å². The van der Waals surface area contributed by atoms with E-state index < -0.39 is 0 Å². The molecule has 0 bridgehead atoms. The molecule has 0 aromatic rings. The first kappa shape index (κ1) is 16.5. The molecule has 1 saturated heterocycles. The van der Waals surface area contributed by atoms with E-state index in [0.717, 1.165) is 6.42 Å². The van der Waals surface area contributed by atoms with Gasteiger partial charge in [0.1, 0.15) is 0 Å². The van der Waals surface area contributed by atoms with Gasteiger partial charge in [0, 0.05) is 0 Å². The van der Waals surface area contributed by atoms with Crippen LogP contribution in [0.3, 0.4) is 0 Å². The van der Waals surface area contributed by atoms with Gasteiger partial charge < -0.3 is 9.47 Å². The van der Waals surface area contributed by atoms with Crippen molar-refractivity contribution in [3.05, 3.63) is 23.3 Å². The second-order valence-corrected chi connectivity index (χ2v) is 6.26. The zero-order chi connectivity index (χ0) is 14.3. The number of hydrogen-bond donors (Lipinski definition) is 0. The SMILES string of the molecule is CCC(C)(C)CCC/C=C(C)/C(C)=C/C1OCCO1. The molecule has 110 valence electrons. The van der Waals surface area contributed by atoms with Crippen LogP contribution in [0.5, 0.6) is 0 Å². The summed E-state index contributed by atoms with van der Waals surface area (Å²) in [7, 11) is 0. The van der Waals surface area contributed by atoms with Crippen LogP contribution in [0.4, 0.5) is 0 Å². The Morgan fingerprint density at radius 2 is 1.79 bits per heavy atom. The minimum Gasteiger partial charge on any atom is -0.347 e. The lowest BCUT2D eigenvalue weighted by Gasteiger charge is -2.21. The van der Waals surface area contributed by atoms with Crippen molar-refractivity contribution >= 4 is 0 Å². The van der Waals surface area contributed by atoms with Gasteiger partial charge in [-0.2, -0.15) is 0 Å². The Kier molecular flexibility index (Phi) is 6.81. The number of allylic oxidation sites excluding steroid dienone is 3. The molecular weight excluding hydrogens is 236 g/mol. The molecule has 19 heavy (non-hydrogen) atoms. The Balaban J connectivity index is 2.35. The van der Waals surface area contributed by atoms with Gasteiger partial charge in [-0.3, -0.25) is 0 Å². The zero-order valence-electron chi connectivity index (χ0n) is 13.3. The molecule has 1 aliphatic rings. The fraction of sp³-hybridized carbons (Fsp3) is 0.765. The van der Waals surface area contributed by atoms with E-state index in [-0.39, 0.29) is 6.29 Å². The third kappa shape index (κ3) is 6.40. The second-order valence-electron chi connectivity index (χ2n) is 6.26. The average molecular weight is 266 g/mol. The summed E-state index contributed by atoms with van der Waals surface area (Å²) in [5, 5.41) is 0. The van der Waals surface area contributed by atoms with Crippen molar-refractivity contribution in [3.8, 4) is 0 Å². The molecule has 0 spiro atoms. The highest BCUT2D eigenvalue weighted by Gasteiger charge is 2.14. The first-order valence-corrected chi connectivity index (χ1v) is 7.53. The summed E-state index contributed by atoms with van der Waals surface area (Å²) >= 11 is 0. The van der Waals surface area contributed by atoms with E-state index >= 15 is 0 Å². The third-order valence-corrected chi connectivity index (χ3v) is 4.12. The van der Waals surface area contributed by atoms with Crippen LogP contribution in [-0.2, 0) is 9.47 Å². The largest absolute Gasteiger partial charge is 0.347 e. The summed E-state index contributed by atoms with van der Waals surface area (Å²) in [4.78, 5) is 0. The molecule has 0 aliphatic carbocycles. The highest BCUT2D eigenvalue weighted by molar-refractivity contribution is 5.27. The van der Waals surface area contributed by atoms with E-state index in [9.17, 15) is 0 Å². The smallest absolute Gasteiger partial charge is 0.177 e. The van der Waals surface area contributed by atoms with Crippen molar-refractivity contribution in [2.75, 3.05) is 13.2 Å². The van der Waals surface area contributed by atoms with Crippen LogP contribution in [0.15, 0.2) is 23.3 Å². The molecular formula is C17H30O2. The van der Waals surface area contributed by atoms with Gasteiger partial charge >= 0.3 is 0 Å². The van der Waals surface area contributed by atoms with Gasteiger partial charge in [-0.05, 0) is 50.2 Å². The molecule has 0 aromatic carbocycles. The van der Waals surface area contributed by atoms with E-state index in [2.05, 4.69) is 46.8 Å². The molecule has 1 fully saturated rings. The summed E-state index contributed by atoms with van der Waals surface area (Å²) in [6.45, 7) is 12.7. The van der Waals surface area contributed by atoms with E-state index in [0.29, 0.717) is 18.6 Å². The molecule has 2 heteroatoms. The average Bonchev–Trinajstić information content (AvgIpc) is 2.87. The molecule has 1 rings (SSSR count). The molecule has 0 radical (unpaired) electrons. The molecule has 1 aliphatic heterocycles. The number of ether oxygens (including phenoxy) is 2. The number of hydrogen-bond acceptors (Lipinski definition) is 2. The molecule has 0 saturated carbocycles. The van der Waals surface area contributed by atoms with Gasteiger partial charge in [-0.1, -0.05) is 38.8 Å². The summed E-state index contributed by atoms with van der Waals surface area (Å²) in [5.41, 5.74) is 3.09. The second kappa shape index (κ2) is 7.86. The molecule has 1 heterocycles. The fourth-order valence-electron chi connectivity index (χ4n) is 2.05. The molecule has 0 amide bonds. The monoisotopic (exact) mass is 266 g/mol. The molecule has 0 atom stereocenters. The van der Waals surface area contributed by atoms with E-state index in [1.807, 2.05) is 0 Å². The molecule has 2 nitrogen and oxygen atoms in total. The normalized spacial score (nSPS) is 19.2. The minimum atomic E-state index is -0.137. The topological polar surface area (TPSA) is 18.5 Å². The predicted octanol–water partition coefficient (Wildman–Crippen LogP) is 4.86. The van der Waals surface area contributed by atoms with Crippen LogP contribution in [0.1, 0.15) is 60.3 Å². The lowest BCUT2D eigenvalue weighted by Crippen LogP contribution is -2.08. The fourth-order valence-corrected chi connectivity index (χ4v) is 2.05. The maximum Gasteiger partial charge on any atom is 0.177 e. The van der Waals surface area contributed by atoms with E-state index in [1.165, 1.54) is 30.4 Å². The van der Waals surface area contributed by atoms with Gasteiger partial charge in [-0.25, -0.2) is 0 Å². The summed E-state index contributed by atoms with van der Waals surface area (Å²) in [6.07, 6.45) is 9.26. The van der Waals surface area contributed by atoms with Crippen LogP contribution < -0.4 is 0 Å². The van der Waals surface area contributed by atoms with E-state index in [4.69, 9.17) is 9.47 Å². The van der Waals surface area contributed by atoms with Crippen molar-refractivity contribution in [2.45, 2.75) is 66.6 Å². The quantitative estimate of drug-likeness (QED) is 0.484. The lowest BCUT2D eigenvalue weighted by atomic mass is 9.84. The van der Waals surface area contributed by atoms with Crippen LogP contribution in [0, 0.1) is 5.41 Å². The van der Waals surface area contributed by atoms with Crippen molar-refractivity contribution in [3.63, 3.8) is 0 Å². The Bertz CT molecular complexity index is 320. The lowest BCUT2D eigenvalue weighted by molar-refractivity contribution is -0.00203. The minimum absolute atomic E-state index is 0.137. The van der Waals surface area contributed by atoms with Crippen LogP contribution >= 0.6 is 0 Å².